The van der Waals surface area contributed by atoms with Gasteiger partial charge in [-0.1, -0.05) is 25.1 Å². The minimum absolute atomic E-state index is 0.0206. The molecule has 2 N–H and O–H groups in total. The number of likely N-dealkylation sites (tertiary alicyclic amines) is 1. The molecule has 1 aliphatic heterocycles. The van der Waals surface area contributed by atoms with Crippen LogP contribution in [0.15, 0.2) is 58.1 Å². The van der Waals surface area contributed by atoms with Gasteiger partial charge < -0.3 is 19.5 Å². The molecule has 0 unspecified atom stereocenters. The van der Waals surface area contributed by atoms with Gasteiger partial charge in [0.25, 0.3) is 5.91 Å². The van der Waals surface area contributed by atoms with Gasteiger partial charge in [0, 0.05) is 43.3 Å². The number of rotatable bonds is 9. The van der Waals surface area contributed by atoms with Crippen molar-refractivity contribution in [3.05, 3.63) is 54.4 Å². The van der Waals surface area contributed by atoms with E-state index in [1.165, 1.54) is 0 Å². The van der Waals surface area contributed by atoms with Crippen LogP contribution in [0.4, 0.5) is 11.5 Å². The van der Waals surface area contributed by atoms with Crippen molar-refractivity contribution in [2.45, 2.75) is 59.5 Å². The lowest BCUT2D eigenvalue weighted by molar-refractivity contribution is 0.0682. The summed E-state index contributed by atoms with van der Waals surface area (Å²) >= 11 is 0. The van der Waals surface area contributed by atoms with Gasteiger partial charge in [0.05, 0.1) is 12.4 Å². The second-order valence-corrected chi connectivity index (χ2v) is 9.33. The number of carbonyl (C=O) groups excluding carboxylic acids is 1. The van der Waals surface area contributed by atoms with Gasteiger partial charge in [-0.05, 0) is 77.6 Å². The van der Waals surface area contributed by atoms with Crippen molar-refractivity contribution in [3.63, 3.8) is 0 Å². The smallest absolute Gasteiger partial charge is 0.289 e. The standard InChI is InChI=1S/C24H30N4O2.C5H12N2/c1-4-28(23-20(26-17(2)3)9-7-13-25-23)19-11-14-27(15-12-19)24(29)22-16-18-8-5-6-10-21(18)30-22;1-3-6-5-7-4-2/h5-10,13,16-17,19,26H,4,11-12,14-15H2,1-3H3;3,7H,4-5H2,1-2H3/b;6-3-. The molecule has 1 aromatic carbocycles. The minimum atomic E-state index is -0.0206. The first-order chi connectivity index (χ1) is 18.0. The molecule has 0 bridgehead atoms. The lowest BCUT2D eigenvalue weighted by Gasteiger charge is -2.39. The highest BCUT2D eigenvalue weighted by molar-refractivity contribution is 5.96. The normalized spacial score (nSPS) is 14.2. The van der Waals surface area contributed by atoms with Gasteiger partial charge in [-0.25, -0.2) is 4.98 Å². The largest absolute Gasteiger partial charge is 0.451 e. The van der Waals surface area contributed by atoms with E-state index in [9.17, 15) is 4.79 Å². The Morgan fingerprint density at radius 1 is 1.22 bits per heavy atom. The molecule has 1 fully saturated rings. The average Bonchev–Trinajstić information content (AvgIpc) is 3.35. The number of nitrogens with one attached hydrogen (secondary N) is 2. The molecule has 3 heterocycles. The van der Waals surface area contributed by atoms with E-state index in [4.69, 9.17) is 4.42 Å². The van der Waals surface area contributed by atoms with Crippen LogP contribution in [0, 0.1) is 0 Å². The third-order valence-electron chi connectivity index (χ3n) is 6.31. The van der Waals surface area contributed by atoms with Crippen LogP contribution in [0.5, 0.6) is 0 Å². The van der Waals surface area contributed by atoms with Crippen LogP contribution in [0.2, 0.25) is 0 Å². The molecule has 8 nitrogen and oxygen atoms in total. The van der Waals surface area contributed by atoms with Gasteiger partial charge in [0.15, 0.2) is 11.6 Å². The van der Waals surface area contributed by atoms with Gasteiger partial charge in [-0.3, -0.25) is 15.1 Å². The van der Waals surface area contributed by atoms with E-state index in [0.29, 0.717) is 17.8 Å². The number of aromatic nitrogens is 1. The fraction of sp³-hybridized carbons (Fsp3) is 0.483. The first kappa shape index (κ1) is 28.2. The Labute approximate surface area is 221 Å². The molecule has 3 aromatic rings. The second kappa shape index (κ2) is 14.4. The number of pyridine rings is 1. The van der Waals surface area contributed by atoms with Gasteiger partial charge in [0.1, 0.15) is 5.58 Å². The van der Waals surface area contributed by atoms with Crippen molar-refractivity contribution in [2.75, 3.05) is 43.1 Å². The van der Waals surface area contributed by atoms with Crippen LogP contribution in [0.1, 0.15) is 58.0 Å². The summed E-state index contributed by atoms with van der Waals surface area (Å²) in [7, 11) is 0. The number of hydrogen-bond donors (Lipinski definition) is 2. The summed E-state index contributed by atoms with van der Waals surface area (Å²) < 4.78 is 5.78. The molecule has 0 aliphatic carbocycles. The van der Waals surface area contributed by atoms with Gasteiger partial charge in [-0.2, -0.15) is 0 Å². The van der Waals surface area contributed by atoms with E-state index in [2.05, 4.69) is 59.3 Å². The summed E-state index contributed by atoms with van der Waals surface area (Å²) in [4.78, 5) is 25.8. The average molecular weight is 507 g/mol. The minimum Gasteiger partial charge on any atom is -0.451 e. The number of nitrogens with zero attached hydrogens (tertiary/aromatic N) is 4. The predicted octanol–water partition coefficient (Wildman–Crippen LogP) is 5.42. The van der Waals surface area contributed by atoms with Crippen LogP contribution >= 0.6 is 0 Å². The zero-order valence-corrected chi connectivity index (χ0v) is 22.9. The molecule has 8 heteroatoms. The monoisotopic (exact) mass is 506 g/mol. The van der Waals surface area contributed by atoms with Gasteiger partial charge in [0.2, 0.25) is 0 Å². The van der Waals surface area contributed by atoms with E-state index < -0.39 is 0 Å². The number of anilines is 2. The molecular weight excluding hydrogens is 464 g/mol. The zero-order chi connectivity index (χ0) is 26.6. The predicted molar refractivity (Wildman–Crippen MR) is 154 cm³/mol. The summed E-state index contributed by atoms with van der Waals surface area (Å²) in [5, 5.41) is 7.52. The number of piperidine rings is 1. The molecular formula is C29H42N6O2. The topological polar surface area (TPSA) is 86.0 Å². The van der Waals surface area contributed by atoms with Crippen molar-refractivity contribution in [2.24, 2.45) is 4.99 Å². The molecule has 200 valence electrons. The van der Waals surface area contributed by atoms with Crippen LogP contribution < -0.4 is 15.5 Å². The van der Waals surface area contributed by atoms with Crippen molar-refractivity contribution < 1.29 is 9.21 Å². The molecule has 1 amide bonds. The molecule has 0 atom stereocenters. The Hall–Kier alpha value is -3.39. The number of para-hydroxylation sites is 1. The second-order valence-electron chi connectivity index (χ2n) is 9.33. The summed E-state index contributed by atoms with van der Waals surface area (Å²) in [6.07, 6.45) is 5.47. The lowest BCUT2D eigenvalue weighted by Crippen LogP contribution is -2.47. The van der Waals surface area contributed by atoms with Crippen molar-refractivity contribution >= 4 is 34.6 Å². The maximum atomic E-state index is 13.0. The number of furan rings is 1. The lowest BCUT2D eigenvalue weighted by atomic mass is 10.0. The van der Waals surface area contributed by atoms with Crippen LogP contribution in [-0.2, 0) is 0 Å². The molecule has 0 radical (unpaired) electrons. The fourth-order valence-electron chi connectivity index (χ4n) is 4.52. The first-order valence-corrected chi connectivity index (χ1v) is 13.4. The molecule has 37 heavy (non-hydrogen) atoms. The number of aliphatic imine (C=N–C) groups is 1. The number of hydrogen-bond acceptors (Lipinski definition) is 7. The van der Waals surface area contributed by atoms with Gasteiger partial charge >= 0.3 is 0 Å². The van der Waals surface area contributed by atoms with Gasteiger partial charge in [-0.15, -0.1) is 0 Å². The SMILES string of the molecule is C/C=N\CNCC.CCN(c1ncccc1NC(C)C)C1CCN(C(=O)c2cc3ccccc3o2)CC1. The Kier molecular flexibility index (Phi) is 11.0. The van der Waals surface area contributed by atoms with E-state index in [-0.39, 0.29) is 5.91 Å². The van der Waals surface area contributed by atoms with E-state index in [1.54, 1.807) is 6.21 Å². The Bertz CT molecular complexity index is 1100. The molecule has 1 aliphatic rings. The molecule has 1 saturated heterocycles. The Morgan fingerprint density at radius 3 is 2.62 bits per heavy atom. The highest BCUT2D eigenvalue weighted by atomic mass is 16.3. The fourth-order valence-corrected chi connectivity index (χ4v) is 4.52. The number of amides is 1. The van der Waals surface area contributed by atoms with Crippen molar-refractivity contribution in [1.29, 1.82) is 0 Å². The summed E-state index contributed by atoms with van der Waals surface area (Å²) in [6.45, 7) is 14.5. The molecule has 0 spiro atoms. The zero-order valence-electron chi connectivity index (χ0n) is 22.9. The molecule has 0 saturated carbocycles. The Morgan fingerprint density at radius 2 is 1.97 bits per heavy atom. The first-order valence-electron chi connectivity index (χ1n) is 13.4. The Balaban J connectivity index is 0.000000479. The van der Waals surface area contributed by atoms with E-state index in [0.717, 1.165) is 68.2 Å². The third kappa shape index (κ3) is 7.79. The highest BCUT2D eigenvalue weighted by Crippen LogP contribution is 2.29. The van der Waals surface area contributed by atoms with Crippen LogP contribution in [0.25, 0.3) is 11.0 Å². The summed E-state index contributed by atoms with van der Waals surface area (Å²) in [5.74, 6) is 1.40. The van der Waals surface area contributed by atoms with E-state index in [1.807, 2.05) is 54.4 Å². The maximum absolute atomic E-state index is 13.0. The third-order valence-corrected chi connectivity index (χ3v) is 6.31. The van der Waals surface area contributed by atoms with Crippen molar-refractivity contribution in [3.8, 4) is 0 Å². The molecule has 2 aromatic heterocycles. The number of carbonyl (C=O) groups is 1. The van der Waals surface area contributed by atoms with Crippen LogP contribution in [-0.4, -0.2) is 66.9 Å². The quantitative estimate of drug-likeness (QED) is 0.298. The maximum Gasteiger partial charge on any atom is 0.289 e. The summed E-state index contributed by atoms with van der Waals surface area (Å²) in [6, 6.07) is 14.3. The molecule has 4 rings (SSSR count). The van der Waals surface area contributed by atoms with Crippen LogP contribution in [0.3, 0.4) is 0 Å². The highest BCUT2D eigenvalue weighted by Gasteiger charge is 2.29. The van der Waals surface area contributed by atoms with E-state index >= 15 is 0 Å². The number of fused-ring (bicyclic) bond motifs is 1. The van der Waals surface area contributed by atoms with Crippen molar-refractivity contribution in [1.82, 2.24) is 15.2 Å². The number of benzene rings is 1. The summed E-state index contributed by atoms with van der Waals surface area (Å²) in [5.41, 5.74) is 1.82.